The molecular formula is C24H22O3. The molecule has 136 valence electrons. The standard InChI is InChI=1S/C24H22O3/c1-17-15-21(10-4-19-7-13-23(26)14-8-19)24(27-2)16-20(17)9-3-18-5-11-22(25)12-6-18/h3-16,25-26H,1-2H3/b9-3+,10-4+. The minimum absolute atomic E-state index is 0.255. The summed E-state index contributed by atoms with van der Waals surface area (Å²) in [4.78, 5) is 0. The largest absolute Gasteiger partial charge is 0.508 e. The number of benzene rings is 3. The highest BCUT2D eigenvalue weighted by Crippen LogP contribution is 2.27. The lowest BCUT2D eigenvalue weighted by Gasteiger charge is -2.09. The first-order valence-electron chi connectivity index (χ1n) is 8.68. The Morgan fingerprint density at radius 2 is 1.15 bits per heavy atom. The Labute approximate surface area is 159 Å². The molecule has 0 heterocycles. The summed E-state index contributed by atoms with van der Waals surface area (Å²) < 4.78 is 5.56. The number of methoxy groups -OCH3 is 1. The number of phenols is 2. The Bertz CT molecular complexity index is 966. The number of hydrogen-bond donors (Lipinski definition) is 2. The number of ether oxygens (including phenoxy) is 1. The Hall–Kier alpha value is -3.46. The molecule has 3 aromatic carbocycles. The number of aryl methyl sites for hydroxylation is 1. The van der Waals surface area contributed by atoms with Crippen LogP contribution in [0, 0.1) is 6.92 Å². The zero-order valence-corrected chi connectivity index (χ0v) is 15.4. The van der Waals surface area contributed by atoms with E-state index in [1.165, 1.54) is 0 Å². The van der Waals surface area contributed by atoms with E-state index in [1.807, 2.05) is 54.6 Å². The summed E-state index contributed by atoms with van der Waals surface area (Å²) in [5.74, 6) is 1.31. The maximum absolute atomic E-state index is 9.37. The van der Waals surface area contributed by atoms with Crippen LogP contribution in [0.25, 0.3) is 24.3 Å². The monoisotopic (exact) mass is 358 g/mol. The van der Waals surface area contributed by atoms with E-state index in [9.17, 15) is 10.2 Å². The molecule has 0 aliphatic rings. The number of hydrogen-bond acceptors (Lipinski definition) is 3. The highest BCUT2D eigenvalue weighted by molar-refractivity contribution is 5.77. The normalized spacial score (nSPS) is 11.3. The van der Waals surface area contributed by atoms with Crippen LogP contribution in [0.3, 0.4) is 0 Å². The maximum Gasteiger partial charge on any atom is 0.126 e. The van der Waals surface area contributed by atoms with E-state index >= 15 is 0 Å². The molecule has 0 aromatic heterocycles. The van der Waals surface area contributed by atoms with Gasteiger partial charge in [-0.05, 0) is 65.6 Å². The fraction of sp³-hybridized carbons (Fsp3) is 0.0833. The van der Waals surface area contributed by atoms with Gasteiger partial charge >= 0.3 is 0 Å². The van der Waals surface area contributed by atoms with Crippen molar-refractivity contribution in [1.29, 1.82) is 0 Å². The zero-order chi connectivity index (χ0) is 19.2. The molecule has 0 saturated heterocycles. The second-order valence-corrected chi connectivity index (χ2v) is 6.30. The lowest BCUT2D eigenvalue weighted by atomic mass is 10.0. The minimum Gasteiger partial charge on any atom is -0.508 e. The predicted octanol–water partition coefficient (Wildman–Crippen LogP) is 5.76. The first-order chi connectivity index (χ1) is 13.0. The summed E-state index contributed by atoms with van der Waals surface area (Å²) in [5, 5.41) is 18.7. The van der Waals surface area contributed by atoms with E-state index < -0.39 is 0 Å². The van der Waals surface area contributed by atoms with Crippen molar-refractivity contribution in [2.75, 3.05) is 7.11 Å². The third kappa shape index (κ3) is 4.79. The van der Waals surface area contributed by atoms with Gasteiger partial charge in [0.05, 0.1) is 7.11 Å². The van der Waals surface area contributed by atoms with Gasteiger partial charge in [-0.25, -0.2) is 0 Å². The molecule has 0 aliphatic carbocycles. The number of rotatable bonds is 5. The Morgan fingerprint density at radius 3 is 1.63 bits per heavy atom. The van der Waals surface area contributed by atoms with Gasteiger partial charge in [0, 0.05) is 5.56 Å². The van der Waals surface area contributed by atoms with Crippen molar-refractivity contribution < 1.29 is 14.9 Å². The van der Waals surface area contributed by atoms with Gasteiger partial charge in [0.1, 0.15) is 17.2 Å². The van der Waals surface area contributed by atoms with Crippen LogP contribution in [-0.4, -0.2) is 17.3 Å². The summed E-state index contributed by atoms with van der Waals surface area (Å²) in [5.41, 5.74) is 5.22. The van der Waals surface area contributed by atoms with Crippen molar-refractivity contribution >= 4 is 24.3 Å². The molecule has 0 amide bonds. The van der Waals surface area contributed by atoms with E-state index in [0.29, 0.717) is 0 Å². The van der Waals surface area contributed by atoms with Crippen LogP contribution in [0.4, 0.5) is 0 Å². The van der Waals surface area contributed by atoms with Gasteiger partial charge in [-0.1, -0.05) is 48.6 Å². The minimum atomic E-state index is 0.255. The molecule has 3 aromatic rings. The van der Waals surface area contributed by atoms with Gasteiger partial charge in [0.15, 0.2) is 0 Å². The fourth-order valence-electron chi connectivity index (χ4n) is 2.76. The molecule has 0 unspecified atom stereocenters. The van der Waals surface area contributed by atoms with Crippen LogP contribution < -0.4 is 4.74 Å². The summed E-state index contributed by atoms with van der Waals surface area (Å²) in [6.45, 7) is 2.06. The average molecular weight is 358 g/mol. The van der Waals surface area contributed by atoms with Crippen molar-refractivity contribution in [3.05, 3.63) is 88.5 Å². The van der Waals surface area contributed by atoms with E-state index in [1.54, 1.807) is 31.4 Å². The Kier molecular flexibility index (Phi) is 5.62. The molecule has 3 heteroatoms. The molecule has 0 bridgehead atoms. The van der Waals surface area contributed by atoms with Gasteiger partial charge in [-0.2, -0.15) is 0 Å². The second kappa shape index (κ2) is 8.28. The Balaban J connectivity index is 1.86. The first-order valence-corrected chi connectivity index (χ1v) is 8.68. The SMILES string of the molecule is COc1cc(/C=C/c2ccc(O)cc2)c(C)cc1/C=C/c1ccc(O)cc1. The Morgan fingerprint density at radius 1 is 0.667 bits per heavy atom. The fourth-order valence-corrected chi connectivity index (χ4v) is 2.76. The topological polar surface area (TPSA) is 49.7 Å². The van der Waals surface area contributed by atoms with Crippen molar-refractivity contribution in [2.24, 2.45) is 0 Å². The summed E-state index contributed by atoms with van der Waals surface area (Å²) in [6.07, 6.45) is 8.04. The van der Waals surface area contributed by atoms with E-state index in [-0.39, 0.29) is 11.5 Å². The highest BCUT2D eigenvalue weighted by atomic mass is 16.5. The van der Waals surface area contributed by atoms with Gasteiger partial charge in [-0.3, -0.25) is 0 Å². The maximum atomic E-state index is 9.37. The van der Waals surface area contributed by atoms with Gasteiger partial charge in [0.25, 0.3) is 0 Å². The van der Waals surface area contributed by atoms with Gasteiger partial charge in [-0.15, -0.1) is 0 Å². The third-order valence-corrected chi connectivity index (χ3v) is 4.32. The third-order valence-electron chi connectivity index (χ3n) is 4.32. The highest BCUT2D eigenvalue weighted by Gasteiger charge is 2.05. The average Bonchev–Trinajstić information content (AvgIpc) is 2.68. The second-order valence-electron chi connectivity index (χ2n) is 6.30. The van der Waals surface area contributed by atoms with Crippen LogP contribution in [0.1, 0.15) is 27.8 Å². The molecule has 0 atom stereocenters. The summed E-state index contributed by atoms with van der Waals surface area (Å²) >= 11 is 0. The summed E-state index contributed by atoms with van der Waals surface area (Å²) in [7, 11) is 1.66. The predicted molar refractivity (Wildman–Crippen MR) is 112 cm³/mol. The molecule has 0 spiro atoms. The molecular weight excluding hydrogens is 336 g/mol. The molecule has 3 nitrogen and oxygen atoms in total. The molecule has 27 heavy (non-hydrogen) atoms. The molecule has 0 aliphatic heterocycles. The quantitative estimate of drug-likeness (QED) is 0.571. The van der Waals surface area contributed by atoms with Crippen LogP contribution in [0.5, 0.6) is 17.2 Å². The van der Waals surface area contributed by atoms with Crippen molar-refractivity contribution in [2.45, 2.75) is 6.92 Å². The smallest absolute Gasteiger partial charge is 0.126 e. The number of aromatic hydroxyl groups is 2. The van der Waals surface area contributed by atoms with Crippen LogP contribution in [-0.2, 0) is 0 Å². The molecule has 0 fully saturated rings. The molecule has 2 N–H and O–H groups in total. The molecule has 0 saturated carbocycles. The van der Waals surface area contributed by atoms with E-state index in [2.05, 4.69) is 13.0 Å². The van der Waals surface area contributed by atoms with Crippen molar-refractivity contribution in [3.8, 4) is 17.2 Å². The molecule has 3 rings (SSSR count). The van der Waals surface area contributed by atoms with E-state index in [0.717, 1.165) is 33.6 Å². The van der Waals surface area contributed by atoms with Crippen LogP contribution >= 0.6 is 0 Å². The van der Waals surface area contributed by atoms with Crippen LogP contribution in [0.2, 0.25) is 0 Å². The molecule has 0 radical (unpaired) electrons. The number of phenolic OH excluding ortho intramolecular Hbond substituents is 2. The first kappa shape index (κ1) is 18.3. The van der Waals surface area contributed by atoms with Gasteiger partial charge in [0.2, 0.25) is 0 Å². The van der Waals surface area contributed by atoms with E-state index in [4.69, 9.17) is 4.74 Å². The zero-order valence-electron chi connectivity index (χ0n) is 15.4. The lowest BCUT2D eigenvalue weighted by molar-refractivity contribution is 0.413. The van der Waals surface area contributed by atoms with Crippen LogP contribution in [0.15, 0.2) is 60.7 Å². The summed E-state index contributed by atoms with van der Waals surface area (Å²) in [6, 6.07) is 18.2. The van der Waals surface area contributed by atoms with Crippen molar-refractivity contribution in [3.63, 3.8) is 0 Å². The van der Waals surface area contributed by atoms with Crippen molar-refractivity contribution in [1.82, 2.24) is 0 Å². The van der Waals surface area contributed by atoms with Gasteiger partial charge < -0.3 is 14.9 Å². The lowest BCUT2D eigenvalue weighted by Crippen LogP contribution is -1.91.